The van der Waals surface area contributed by atoms with E-state index in [-0.39, 0.29) is 18.6 Å². The maximum Gasteiger partial charge on any atom is 0 e. The maximum atomic E-state index is 2.26. The van der Waals surface area contributed by atoms with Crippen LogP contribution in [0, 0.1) is 34.6 Å². The van der Waals surface area contributed by atoms with Gasteiger partial charge in [-0.05, 0) is 36.8 Å². The van der Waals surface area contributed by atoms with Gasteiger partial charge in [0.25, 0.3) is 0 Å². The zero-order valence-electron chi connectivity index (χ0n) is 14.1. The molecule has 0 aromatic heterocycles. The molecule has 1 aliphatic rings. The van der Waals surface area contributed by atoms with Crippen molar-refractivity contribution in [1.82, 2.24) is 0 Å². The SMILES string of the molecule is Cc1c(C)c(C)[c-](C)c1C.[V].c1ccc2c(c1)CCCC2. The largest absolute Gasteiger partial charge is 0.196 e. The van der Waals surface area contributed by atoms with E-state index in [1.807, 2.05) is 0 Å². The molecule has 0 bridgehead atoms. The van der Waals surface area contributed by atoms with E-state index >= 15 is 0 Å². The van der Waals surface area contributed by atoms with Crippen LogP contribution in [0.3, 0.4) is 0 Å². The van der Waals surface area contributed by atoms with Crippen LogP contribution in [0.5, 0.6) is 0 Å². The molecule has 2 aromatic carbocycles. The Hall–Kier alpha value is -0.846. The van der Waals surface area contributed by atoms with Crippen LogP contribution in [0.4, 0.5) is 0 Å². The van der Waals surface area contributed by atoms with Crippen molar-refractivity contribution in [2.24, 2.45) is 0 Å². The standard InChI is InChI=1S/C10H12.C10H15.V/c1-2-6-10-8-4-3-7-9(10)5-1;1-6-7(2)9(4)10(5)8(6)3;/h1-2,5-6H,3-4,7-8H2;1-5H3;/q;-1;. The average Bonchev–Trinajstić information content (AvgIpc) is 2.66. The van der Waals surface area contributed by atoms with Crippen molar-refractivity contribution in [2.75, 3.05) is 0 Å². The average molecular weight is 318 g/mol. The zero-order valence-corrected chi connectivity index (χ0v) is 15.5. The molecular formula is C20H27V-. The Labute approximate surface area is 142 Å². The summed E-state index contributed by atoms with van der Waals surface area (Å²) in [5.74, 6) is 0. The van der Waals surface area contributed by atoms with Crippen LogP contribution >= 0.6 is 0 Å². The number of aryl methyl sites for hydroxylation is 2. The Kier molecular flexibility index (Phi) is 6.90. The van der Waals surface area contributed by atoms with Gasteiger partial charge in [0, 0.05) is 18.6 Å². The molecule has 1 aliphatic carbocycles. The summed E-state index contributed by atoms with van der Waals surface area (Å²) >= 11 is 0. The Morgan fingerprint density at radius 2 is 1.14 bits per heavy atom. The first kappa shape index (κ1) is 18.2. The Morgan fingerprint density at radius 1 is 0.762 bits per heavy atom. The van der Waals surface area contributed by atoms with Gasteiger partial charge in [-0.3, -0.25) is 0 Å². The predicted molar refractivity (Wildman–Crippen MR) is 88.8 cm³/mol. The van der Waals surface area contributed by atoms with Gasteiger partial charge in [-0.15, -0.1) is 0 Å². The molecule has 3 rings (SSSR count). The molecule has 0 saturated heterocycles. The van der Waals surface area contributed by atoms with Crippen molar-refractivity contribution in [2.45, 2.75) is 60.3 Å². The Bertz CT molecular complexity index is 485. The molecule has 2 aromatic rings. The van der Waals surface area contributed by atoms with E-state index in [1.165, 1.54) is 53.5 Å². The van der Waals surface area contributed by atoms with E-state index in [0.717, 1.165) is 0 Å². The van der Waals surface area contributed by atoms with Gasteiger partial charge in [0.1, 0.15) is 0 Å². The Balaban J connectivity index is 0.000000200. The minimum absolute atomic E-state index is 0. The van der Waals surface area contributed by atoms with Crippen LogP contribution in [-0.2, 0) is 31.4 Å². The fraction of sp³-hybridized carbons (Fsp3) is 0.450. The van der Waals surface area contributed by atoms with Crippen LogP contribution in [0.1, 0.15) is 51.8 Å². The normalized spacial score (nSPS) is 12.8. The number of fused-ring (bicyclic) bond motifs is 1. The minimum Gasteiger partial charge on any atom is -0.196 e. The number of rotatable bonds is 0. The quantitative estimate of drug-likeness (QED) is 0.562. The molecule has 0 spiro atoms. The third kappa shape index (κ3) is 4.08. The van der Waals surface area contributed by atoms with Gasteiger partial charge in [-0.2, -0.15) is 27.8 Å². The van der Waals surface area contributed by atoms with Gasteiger partial charge >= 0.3 is 0 Å². The van der Waals surface area contributed by atoms with Gasteiger partial charge in [0.05, 0.1) is 0 Å². The van der Waals surface area contributed by atoms with Gasteiger partial charge in [0.2, 0.25) is 0 Å². The first-order valence-electron chi connectivity index (χ1n) is 7.78. The van der Waals surface area contributed by atoms with Crippen LogP contribution in [-0.4, -0.2) is 0 Å². The summed E-state index contributed by atoms with van der Waals surface area (Å²) in [6.07, 6.45) is 5.38. The van der Waals surface area contributed by atoms with Crippen LogP contribution < -0.4 is 0 Å². The molecule has 1 radical (unpaired) electrons. The van der Waals surface area contributed by atoms with Crippen LogP contribution in [0.25, 0.3) is 0 Å². The molecule has 0 aliphatic heterocycles. The van der Waals surface area contributed by atoms with E-state index < -0.39 is 0 Å². The summed E-state index contributed by atoms with van der Waals surface area (Å²) in [6.45, 7) is 11.0. The summed E-state index contributed by atoms with van der Waals surface area (Å²) < 4.78 is 0. The predicted octanol–water partition coefficient (Wildman–Crippen LogP) is 5.51. The van der Waals surface area contributed by atoms with Crippen molar-refractivity contribution < 1.29 is 18.6 Å². The van der Waals surface area contributed by atoms with Crippen molar-refractivity contribution >= 4 is 0 Å². The van der Waals surface area contributed by atoms with Crippen LogP contribution in [0.2, 0.25) is 0 Å². The first-order valence-corrected chi connectivity index (χ1v) is 7.78. The Morgan fingerprint density at radius 3 is 1.43 bits per heavy atom. The molecule has 0 amide bonds. The third-order valence-electron chi connectivity index (χ3n) is 5.07. The molecule has 0 saturated carbocycles. The van der Waals surface area contributed by atoms with Gasteiger partial charge in [-0.1, -0.05) is 58.9 Å². The molecule has 0 atom stereocenters. The van der Waals surface area contributed by atoms with E-state index in [0.29, 0.717) is 0 Å². The second-order valence-electron chi connectivity index (χ2n) is 6.10. The third-order valence-corrected chi connectivity index (χ3v) is 5.07. The smallest absolute Gasteiger partial charge is 0 e. The second-order valence-corrected chi connectivity index (χ2v) is 6.10. The molecule has 0 fully saturated rings. The van der Waals surface area contributed by atoms with Gasteiger partial charge in [0.15, 0.2) is 0 Å². The van der Waals surface area contributed by atoms with Crippen molar-refractivity contribution in [3.63, 3.8) is 0 Å². The number of benzene rings is 1. The van der Waals surface area contributed by atoms with Gasteiger partial charge < -0.3 is 0 Å². The summed E-state index contributed by atoms with van der Waals surface area (Å²) in [7, 11) is 0. The number of hydrogen-bond donors (Lipinski definition) is 0. The molecule has 0 heterocycles. The summed E-state index contributed by atoms with van der Waals surface area (Å²) in [5, 5.41) is 0. The second kappa shape index (κ2) is 7.96. The molecule has 113 valence electrons. The molecule has 0 unspecified atom stereocenters. The number of hydrogen-bond acceptors (Lipinski definition) is 0. The van der Waals surface area contributed by atoms with Crippen molar-refractivity contribution in [1.29, 1.82) is 0 Å². The van der Waals surface area contributed by atoms with Crippen LogP contribution in [0.15, 0.2) is 24.3 Å². The summed E-state index contributed by atoms with van der Waals surface area (Å²) in [5.41, 5.74) is 10.5. The minimum atomic E-state index is 0. The van der Waals surface area contributed by atoms with E-state index in [9.17, 15) is 0 Å². The molecular weight excluding hydrogens is 291 g/mol. The van der Waals surface area contributed by atoms with Gasteiger partial charge in [-0.25, -0.2) is 0 Å². The van der Waals surface area contributed by atoms with E-state index in [1.54, 1.807) is 11.1 Å². The van der Waals surface area contributed by atoms with E-state index in [2.05, 4.69) is 58.9 Å². The van der Waals surface area contributed by atoms with Crippen molar-refractivity contribution in [3.05, 3.63) is 63.2 Å². The zero-order chi connectivity index (χ0) is 14.7. The van der Waals surface area contributed by atoms with Crippen molar-refractivity contribution in [3.8, 4) is 0 Å². The maximum absolute atomic E-state index is 2.26. The van der Waals surface area contributed by atoms with E-state index in [4.69, 9.17) is 0 Å². The molecule has 0 nitrogen and oxygen atoms in total. The summed E-state index contributed by atoms with van der Waals surface area (Å²) in [6, 6.07) is 8.80. The molecule has 1 heteroatoms. The molecule has 0 N–H and O–H groups in total. The fourth-order valence-electron chi connectivity index (χ4n) is 3.08. The topological polar surface area (TPSA) is 0 Å². The first-order chi connectivity index (χ1) is 9.52. The molecule has 21 heavy (non-hydrogen) atoms. The fourth-order valence-corrected chi connectivity index (χ4v) is 3.08. The monoisotopic (exact) mass is 318 g/mol. The summed E-state index contributed by atoms with van der Waals surface area (Å²) in [4.78, 5) is 0.